The fraction of sp³-hybridized carbons (Fsp3) is 0.545. The summed E-state index contributed by atoms with van der Waals surface area (Å²) in [4.78, 5) is 28.0. The van der Waals surface area contributed by atoms with Crippen LogP contribution in [0.2, 0.25) is 0 Å². The zero-order valence-electron chi connectivity index (χ0n) is 9.13. The highest BCUT2D eigenvalue weighted by atomic mass is 16.2. The summed E-state index contributed by atoms with van der Waals surface area (Å²) in [6.45, 7) is 1.99. The van der Waals surface area contributed by atoms with E-state index in [1.54, 1.807) is 10.8 Å². The van der Waals surface area contributed by atoms with Crippen LogP contribution in [0.4, 0.5) is 0 Å². The molecule has 0 unspecified atom stereocenters. The largest absolute Gasteiger partial charge is 0.341 e. The van der Waals surface area contributed by atoms with E-state index in [1.165, 1.54) is 12.7 Å². The SMILES string of the molecule is O=Cc1cn(CC(=O)N2CCCCC2)cn1. The summed E-state index contributed by atoms with van der Waals surface area (Å²) < 4.78 is 1.65. The zero-order valence-corrected chi connectivity index (χ0v) is 9.13. The van der Waals surface area contributed by atoms with E-state index in [2.05, 4.69) is 4.98 Å². The summed E-state index contributed by atoms with van der Waals surface area (Å²) >= 11 is 0. The Labute approximate surface area is 94.1 Å². The predicted octanol–water partition coefficient (Wildman–Crippen LogP) is 0.708. The van der Waals surface area contributed by atoms with E-state index in [0.29, 0.717) is 12.0 Å². The lowest BCUT2D eigenvalue weighted by atomic mass is 10.1. The Morgan fingerprint density at radius 1 is 1.38 bits per heavy atom. The molecule has 16 heavy (non-hydrogen) atoms. The van der Waals surface area contributed by atoms with Gasteiger partial charge in [-0.1, -0.05) is 0 Å². The van der Waals surface area contributed by atoms with Gasteiger partial charge in [0.1, 0.15) is 12.2 Å². The van der Waals surface area contributed by atoms with Gasteiger partial charge < -0.3 is 9.47 Å². The molecule has 1 amide bonds. The van der Waals surface area contributed by atoms with Crippen LogP contribution < -0.4 is 0 Å². The molecule has 0 spiro atoms. The summed E-state index contributed by atoms with van der Waals surface area (Å²) in [5, 5.41) is 0. The van der Waals surface area contributed by atoms with Crippen molar-refractivity contribution in [2.24, 2.45) is 0 Å². The van der Waals surface area contributed by atoms with Crippen LogP contribution in [-0.2, 0) is 11.3 Å². The van der Waals surface area contributed by atoms with Gasteiger partial charge in [0.05, 0.1) is 6.33 Å². The van der Waals surface area contributed by atoms with E-state index in [1.807, 2.05) is 4.90 Å². The third-order valence-corrected chi connectivity index (χ3v) is 2.80. The molecular formula is C11H15N3O2. The highest BCUT2D eigenvalue weighted by Gasteiger charge is 2.16. The number of imidazole rings is 1. The minimum Gasteiger partial charge on any atom is -0.341 e. The van der Waals surface area contributed by atoms with Gasteiger partial charge in [-0.2, -0.15) is 0 Å². The third kappa shape index (κ3) is 2.48. The number of hydrogen-bond acceptors (Lipinski definition) is 3. The van der Waals surface area contributed by atoms with Crippen LogP contribution in [-0.4, -0.2) is 39.7 Å². The highest BCUT2D eigenvalue weighted by molar-refractivity contribution is 5.76. The molecule has 1 aliphatic rings. The topological polar surface area (TPSA) is 55.2 Å². The van der Waals surface area contributed by atoms with Crippen molar-refractivity contribution in [3.05, 3.63) is 18.2 Å². The van der Waals surface area contributed by atoms with Crippen LogP contribution in [0.1, 0.15) is 29.8 Å². The third-order valence-electron chi connectivity index (χ3n) is 2.80. The molecule has 1 aromatic heterocycles. The van der Waals surface area contributed by atoms with Gasteiger partial charge in [0.15, 0.2) is 6.29 Å². The average molecular weight is 221 g/mol. The minimum absolute atomic E-state index is 0.106. The maximum Gasteiger partial charge on any atom is 0.242 e. The van der Waals surface area contributed by atoms with Crippen molar-refractivity contribution in [3.63, 3.8) is 0 Å². The average Bonchev–Trinajstić information content (AvgIpc) is 2.78. The van der Waals surface area contributed by atoms with E-state index < -0.39 is 0 Å². The van der Waals surface area contributed by atoms with Crippen LogP contribution in [0.25, 0.3) is 0 Å². The van der Waals surface area contributed by atoms with Crippen molar-refractivity contribution in [3.8, 4) is 0 Å². The number of rotatable bonds is 3. The first-order valence-corrected chi connectivity index (χ1v) is 5.54. The number of aldehydes is 1. The Balaban J connectivity index is 1.92. The summed E-state index contributed by atoms with van der Waals surface area (Å²) in [5.41, 5.74) is 0.367. The van der Waals surface area contributed by atoms with Gasteiger partial charge in [0, 0.05) is 19.3 Å². The predicted molar refractivity (Wildman–Crippen MR) is 58.0 cm³/mol. The van der Waals surface area contributed by atoms with E-state index in [4.69, 9.17) is 0 Å². The van der Waals surface area contributed by atoms with Crippen molar-refractivity contribution in [1.29, 1.82) is 0 Å². The Morgan fingerprint density at radius 2 is 2.12 bits per heavy atom. The number of carbonyl (C=O) groups is 2. The smallest absolute Gasteiger partial charge is 0.242 e. The molecule has 0 radical (unpaired) electrons. The summed E-state index contributed by atoms with van der Waals surface area (Å²) in [5.74, 6) is 0.106. The summed E-state index contributed by atoms with van der Waals surface area (Å²) in [6.07, 6.45) is 7.19. The first-order valence-electron chi connectivity index (χ1n) is 5.54. The number of aromatic nitrogens is 2. The van der Waals surface area contributed by atoms with Crippen LogP contribution >= 0.6 is 0 Å². The van der Waals surface area contributed by atoms with E-state index >= 15 is 0 Å². The van der Waals surface area contributed by atoms with Gasteiger partial charge in [0.25, 0.3) is 0 Å². The first kappa shape index (κ1) is 10.9. The first-order chi connectivity index (χ1) is 7.79. The van der Waals surface area contributed by atoms with E-state index in [-0.39, 0.29) is 12.5 Å². The van der Waals surface area contributed by atoms with Gasteiger partial charge in [-0.05, 0) is 19.3 Å². The lowest BCUT2D eigenvalue weighted by Crippen LogP contribution is -2.37. The van der Waals surface area contributed by atoms with Crippen LogP contribution in [0.5, 0.6) is 0 Å². The fourth-order valence-corrected chi connectivity index (χ4v) is 1.92. The molecule has 0 bridgehead atoms. The normalized spacial score (nSPS) is 16.1. The molecule has 5 heteroatoms. The molecule has 1 saturated heterocycles. The molecule has 0 N–H and O–H groups in total. The number of amides is 1. The maximum atomic E-state index is 11.9. The van der Waals surface area contributed by atoms with Crippen molar-refractivity contribution in [2.45, 2.75) is 25.8 Å². The van der Waals surface area contributed by atoms with Crippen molar-refractivity contribution in [1.82, 2.24) is 14.5 Å². The molecule has 1 aliphatic heterocycles. The Kier molecular flexibility index (Phi) is 3.34. The standard InChI is InChI=1S/C11H15N3O2/c15-8-10-6-13(9-12-10)7-11(16)14-4-2-1-3-5-14/h6,8-9H,1-5,7H2. The molecule has 0 atom stereocenters. The molecule has 1 fully saturated rings. The second kappa shape index (κ2) is 4.92. The van der Waals surface area contributed by atoms with Crippen LogP contribution in [0.3, 0.4) is 0 Å². The Morgan fingerprint density at radius 3 is 2.75 bits per heavy atom. The summed E-state index contributed by atoms with van der Waals surface area (Å²) in [6, 6.07) is 0. The molecular weight excluding hydrogens is 206 g/mol. The molecule has 1 aromatic rings. The summed E-state index contributed by atoms with van der Waals surface area (Å²) in [7, 11) is 0. The van der Waals surface area contributed by atoms with E-state index in [0.717, 1.165) is 25.9 Å². The molecule has 2 rings (SSSR count). The minimum atomic E-state index is 0.106. The highest BCUT2D eigenvalue weighted by Crippen LogP contribution is 2.09. The molecule has 2 heterocycles. The molecule has 0 aliphatic carbocycles. The number of carbonyl (C=O) groups excluding carboxylic acids is 2. The van der Waals surface area contributed by atoms with Crippen LogP contribution in [0, 0.1) is 0 Å². The maximum absolute atomic E-state index is 11.9. The number of nitrogens with zero attached hydrogens (tertiary/aromatic N) is 3. The Bertz CT molecular complexity index is 380. The van der Waals surface area contributed by atoms with E-state index in [9.17, 15) is 9.59 Å². The number of piperidine rings is 1. The lowest BCUT2D eigenvalue weighted by molar-refractivity contribution is -0.132. The second-order valence-electron chi connectivity index (χ2n) is 4.03. The van der Waals surface area contributed by atoms with Gasteiger partial charge >= 0.3 is 0 Å². The number of hydrogen-bond donors (Lipinski definition) is 0. The molecule has 86 valence electrons. The molecule has 5 nitrogen and oxygen atoms in total. The Hall–Kier alpha value is -1.65. The second-order valence-corrected chi connectivity index (χ2v) is 4.03. The quantitative estimate of drug-likeness (QED) is 0.706. The van der Waals surface area contributed by atoms with Gasteiger partial charge in [-0.3, -0.25) is 9.59 Å². The number of likely N-dealkylation sites (tertiary alicyclic amines) is 1. The van der Waals surface area contributed by atoms with Crippen molar-refractivity contribution in [2.75, 3.05) is 13.1 Å². The van der Waals surface area contributed by atoms with Crippen molar-refractivity contribution >= 4 is 12.2 Å². The van der Waals surface area contributed by atoms with Crippen LogP contribution in [0.15, 0.2) is 12.5 Å². The molecule has 0 aromatic carbocycles. The van der Waals surface area contributed by atoms with Gasteiger partial charge in [-0.25, -0.2) is 4.98 Å². The zero-order chi connectivity index (χ0) is 11.4. The molecule has 0 saturated carbocycles. The lowest BCUT2D eigenvalue weighted by Gasteiger charge is -2.26. The van der Waals surface area contributed by atoms with Gasteiger partial charge in [0.2, 0.25) is 5.91 Å². The van der Waals surface area contributed by atoms with Crippen molar-refractivity contribution < 1.29 is 9.59 Å². The van der Waals surface area contributed by atoms with Gasteiger partial charge in [-0.15, -0.1) is 0 Å². The monoisotopic (exact) mass is 221 g/mol. The fourth-order valence-electron chi connectivity index (χ4n) is 1.92.